The zero-order valence-electron chi connectivity index (χ0n) is 17.1. The van der Waals surface area contributed by atoms with E-state index in [0.29, 0.717) is 18.5 Å². The maximum absolute atomic E-state index is 14.8. The Kier molecular flexibility index (Phi) is 6.48. The highest BCUT2D eigenvalue weighted by Gasteiger charge is 2.28. The van der Waals surface area contributed by atoms with Crippen LogP contribution in [0, 0.1) is 11.7 Å². The number of hydrogen-bond acceptors (Lipinski definition) is 4. The Labute approximate surface area is 172 Å². The number of halogens is 1. The summed E-state index contributed by atoms with van der Waals surface area (Å²) < 4.78 is 14.8. The second kappa shape index (κ2) is 9.24. The van der Waals surface area contributed by atoms with Crippen LogP contribution in [0.5, 0.6) is 0 Å². The van der Waals surface area contributed by atoms with Gasteiger partial charge in [-0.3, -0.25) is 14.9 Å². The highest BCUT2D eigenvalue weighted by atomic mass is 19.1. The molecule has 0 aromatic heterocycles. The molecule has 158 valence electrons. The number of rotatable bonds is 5. The summed E-state index contributed by atoms with van der Waals surface area (Å²) in [5.74, 6) is 0.338. The van der Waals surface area contributed by atoms with Gasteiger partial charge in [-0.15, -0.1) is 0 Å². The molecule has 29 heavy (non-hydrogen) atoms. The van der Waals surface area contributed by atoms with E-state index >= 15 is 0 Å². The molecule has 1 aromatic rings. The number of piperidine rings is 2. The molecule has 5 nitrogen and oxygen atoms in total. The molecule has 0 radical (unpaired) electrons. The fraction of sp³-hybridized carbons (Fsp3) is 0.652. The van der Waals surface area contributed by atoms with Crippen LogP contribution in [-0.2, 0) is 9.59 Å². The standard InChI is InChI=1S/C23H32FN3O2/c24-20-14-18(25-21-8-9-22(28)26-23(21)29)6-7-19(20)17-10-12-27(13-11-17)15-16-4-2-1-3-5-16/h6-7,14,16-17,21,25H,1-5,8-13,15H2,(H,26,28,29). The van der Waals surface area contributed by atoms with E-state index in [4.69, 9.17) is 0 Å². The molecule has 0 spiro atoms. The van der Waals surface area contributed by atoms with Crippen molar-refractivity contribution >= 4 is 17.5 Å². The van der Waals surface area contributed by atoms with Crippen LogP contribution in [0.2, 0.25) is 0 Å². The first kappa shape index (κ1) is 20.3. The average Bonchev–Trinajstić information content (AvgIpc) is 2.72. The van der Waals surface area contributed by atoms with Gasteiger partial charge in [0.1, 0.15) is 11.9 Å². The van der Waals surface area contributed by atoms with Gasteiger partial charge >= 0.3 is 0 Å². The number of nitrogens with zero attached hydrogens (tertiary/aromatic N) is 1. The van der Waals surface area contributed by atoms with Crippen molar-refractivity contribution in [1.82, 2.24) is 10.2 Å². The first-order chi connectivity index (χ1) is 14.1. The molecule has 2 amide bonds. The third-order valence-corrected chi connectivity index (χ3v) is 6.85. The second-order valence-corrected chi connectivity index (χ2v) is 8.96. The minimum absolute atomic E-state index is 0.201. The van der Waals surface area contributed by atoms with E-state index < -0.39 is 6.04 Å². The van der Waals surface area contributed by atoms with Gasteiger partial charge in [-0.05, 0) is 74.7 Å². The van der Waals surface area contributed by atoms with Gasteiger partial charge in [0.05, 0.1) is 0 Å². The molecule has 0 bridgehead atoms. The highest BCUT2D eigenvalue weighted by Crippen LogP contribution is 2.33. The number of carbonyl (C=O) groups excluding carboxylic acids is 2. The smallest absolute Gasteiger partial charge is 0.249 e. The number of hydrogen-bond donors (Lipinski definition) is 2. The van der Waals surface area contributed by atoms with Crippen molar-refractivity contribution in [2.45, 2.75) is 69.7 Å². The molecule has 2 saturated heterocycles. The third-order valence-electron chi connectivity index (χ3n) is 6.85. The van der Waals surface area contributed by atoms with Gasteiger partial charge in [-0.2, -0.15) is 0 Å². The number of carbonyl (C=O) groups is 2. The van der Waals surface area contributed by atoms with E-state index in [1.165, 1.54) is 44.7 Å². The lowest BCUT2D eigenvalue weighted by Gasteiger charge is -2.35. The van der Waals surface area contributed by atoms with Gasteiger partial charge in [0.25, 0.3) is 0 Å². The number of imide groups is 1. The first-order valence-corrected chi connectivity index (χ1v) is 11.2. The molecule has 2 aliphatic heterocycles. The molecular formula is C23H32FN3O2. The lowest BCUT2D eigenvalue weighted by Crippen LogP contribution is -2.47. The van der Waals surface area contributed by atoms with E-state index in [9.17, 15) is 14.0 Å². The van der Waals surface area contributed by atoms with Crippen LogP contribution in [0.15, 0.2) is 18.2 Å². The zero-order valence-corrected chi connectivity index (χ0v) is 17.1. The predicted molar refractivity (Wildman–Crippen MR) is 111 cm³/mol. The molecule has 6 heteroatoms. The summed E-state index contributed by atoms with van der Waals surface area (Å²) in [6.45, 7) is 3.32. The number of nitrogens with one attached hydrogen (secondary N) is 2. The number of likely N-dealkylation sites (tertiary alicyclic amines) is 1. The van der Waals surface area contributed by atoms with Crippen LogP contribution in [0.3, 0.4) is 0 Å². The topological polar surface area (TPSA) is 61.4 Å². The van der Waals surface area contributed by atoms with Gasteiger partial charge < -0.3 is 10.2 Å². The van der Waals surface area contributed by atoms with E-state index in [1.807, 2.05) is 12.1 Å². The Balaban J connectivity index is 1.30. The first-order valence-electron chi connectivity index (χ1n) is 11.2. The molecule has 3 aliphatic rings. The fourth-order valence-electron chi connectivity index (χ4n) is 5.14. The van der Waals surface area contributed by atoms with Crippen molar-refractivity contribution in [3.63, 3.8) is 0 Å². The van der Waals surface area contributed by atoms with Crippen LogP contribution in [0.4, 0.5) is 10.1 Å². The summed E-state index contributed by atoms with van der Waals surface area (Å²) in [4.78, 5) is 25.7. The summed E-state index contributed by atoms with van der Waals surface area (Å²) in [6, 6.07) is 4.73. The molecule has 3 fully saturated rings. The van der Waals surface area contributed by atoms with Crippen LogP contribution in [0.1, 0.15) is 69.3 Å². The Hall–Kier alpha value is -1.95. The molecule has 1 aromatic carbocycles. The van der Waals surface area contributed by atoms with E-state index in [-0.39, 0.29) is 23.5 Å². The maximum atomic E-state index is 14.8. The van der Waals surface area contributed by atoms with Crippen LogP contribution in [0.25, 0.3) is 0 Å². The quantitative estimate of drug-likeness (QED) is 0.737. The molecule has 2 N–H and O–H groups in total. The lowest BCUT2D eigenvalue weighted by molar-refractivity contribution is -0.133. The normalized spacial score (nSPS) is 25.1. The molecule has 2 heterocycles. The summed E-state index contributed by atoms with van der Waals surface area (Å²) in [5, 5.41) is 5.38. The van der Waals surface area contributed by atoms with Crippen LogP contribution < -0.4 is 10.6 Å². The maximum Gasteiger partial charge on any atom is 0.249 e. The van der Waals surface area contributed by atoms with E-state index in [2.05, 4.69) is 15.5 Å². The second-order valence-electron chi connectivity index (χ2n) is 8.96. The van der Waals surface area contributed by atoms with Gasteiger partial charge in [-0.25, -0.2) is 4.39 Å². The number of amides is 2. The zero-order chi connectivity index (χ0) is 20.2. The van der Waals surface area contributed by atoms with Gasteiger partial charge in [0, 0.05) is 18.7 Å². The Morgan fingerprint density at radius 1 is 1.03 bits per heavy atom. The highest BCUT2D eigenvalue weighted by molar-refractivity contribution is 6.01. The molecule has 1 aliphatic carbocycles. The Morgan fingerprint density at radius 2 is 1.79 bits per heavy atom. The van der Waals surface area contributed by atoms with Crippen molar-refractivity contribution in [2.75, 3.05) is 25.0 Å². The number of anilines is 1. The van der Waals surface area contributed by atoms with Crippen molar-refractivity contribution in [3.05, 3.63) is 29.6 Å². The molecule has 1 atom stereocenters. The summed E-state index contributed by atoms with van der Waals surface area (Å²) in [6.07, 6.45) is 9.65. The minimum Gasteiger partial charge on any atom is -0.374 e. The minimum atomic E-state index is -0.485. The molecule has 4 rings (SSSR count). The third kappa shape index (κ3) is 5.16. The largest absolute Gasteiger partial charge is 0.374 e. The monoisotopic (exact) mass is 401 g/mol. The fourth-order valence-corrected chi connectivity index (χ4v) is 5.14. The van der Waals surface area contributed by atoms with Crippen molar-refractivity contribution in [2.24, 2.45) is 5.92 Å². The van der Waals surface area contributed by atoms with Gasteiger partial charge in [0.2, 0.25) is 11.8 Å². The molecule has 1 unspecified atom stereocenters. The summed E-state index contributed by atoms with van der Waals surface area (Å²) >= 11 is 0. The van der Waals surface area contributed by atoms with E-state index in [1.54, 1.807) is 0 Å². The van der Waals surface area contributed by atoms with Crippen molar-refractivity contribution < 1.29 is 14.0 Å². The van der Waals surface area contributed by atoms with Gasteiger partial charge in [0.15, 0.2) is 0 Å². The molecular weight excluding hydrogens is 369 g/mol. The predicted octanol–water partition coefficient (Wildman–Crippen LogP) is 3.80. The van der Waals surface area contributed by atoms with Crippen LogP contribution >= 0.6 is 0 Å². The van der Waals surface area contributed by atoms with E-state index in [0.717, 1.165) is 37.4 Å². The van der Waals surface area contributed by atoms with Crippen molar-refractivity contribution in [3.8, 4) is 0 Å². The Bertz CT molecular complexity index is 740. The number of benzene rings is 1. The summed E-state index contributed by atoms with van der Waals surface area (Å²) in [5.41, 5.74) is 1.38. The Morgan fingerprint density at radius 3 is 2.48 bits per heavy atom. The van der Waals surface area contributed by atoms with Crippen molar-refractivity contribution in [1.29, 1.82) is 0 Å². The average molecular weight is 402 g/mol. The van der Waals surface area contributed by atoms with Crippen LogP contribution in [-0.4, -0.2) is 42.4 Å². The lowest BCUT2D eigenvalue weighted by atomic mass is 9.86. The molecule has 1 saturated carbocycles. The van der Waals surface area contributed by atoms with Gasteiger partial charge in [-0.1, -0.05) is 25.3 Å². The summed E-state index contributed by atoms with van der Waals surface area (Å²) in [7, 11) is 0. The SMILES string of the molecule is O=C1CCC(Nc2ccc(C3CCN(CC4CCCCC4)CC3)c(F)c2)C(=O)N1.